The Labute approximate surface area is 81.2 Å². The number of nitrogens with two attached hydrogens (primary N) is 1. The van der Waals surface area contributed by atoms with Gasteiger partial charge in [-0.25, -0.2) is 4.79 Å². The molecule has 1 aromatic rings. The lowest BCUT2D eigenvalue weighted by atomic mass is 10.2. The fraction of sp³-hybridized carbons (Fsp3) is 0.222. The number of isocyanates is 1. The Morgan fingerprint density at radius 1 is 1.36 bits per heavy atom. The summed E-state index contributed by atoms with van der Waals surface area (Å²) in [5.74, 6) is 0.853. The van der Waals surface area contributed by atoms with Crippen LogP contribution in [0, 0.1) is 0 Å². The Balaban J connectivity index is 3.34. The molecule has 0 amide bonds. The van der Waals surface area contributed by atoms with E-state index >= 15 is 0 Å². The Morgan fingerprint density at radius 2 is 2.07 bits per heavy atom. The van der Waals surface area contributed by atoms with Gasteiger partial charge < -0.3 is 15.2 Å². The van der Waals surface area contributed by atoms with Crippen LogP contribution in [0.4, 0.5) is 11.4 Å². The molecule has 0 aliphatic heterocycles. The first-order valence-corrected chi connectivity index (χ1v) is 3.82. The number of benzene rings is 1. The zero-order chi connectivity index (χ0) is 10.6. The molecular formula is C9H10N2O3. The number of methoxy groups -OCH3 is 2. The van der Waals surface area contributed by atoms with Crippen LogP contribution in [0.25, 0.3) is 0 Å². The van der Waals surface area contributed by atoms with Crippen LogP contribution < -0.4 is 15.2 Å². The van der Waals surface area contributed by atoms with Crippen LogP contribution in [0.1, 0.15) is 0 Å². The summed E-state index contributed by atoms with van der Waals surface area (Å²) in [6.45, 7) is 0. The van der Waals surface area contributed by atoms with Gasteiger partial charge in [0.15, 0.2) is 5.75 Å². The highest BCUT2D eigenvalue weighted by molar-refractivity contribution is 5.71. The van der Waals surface area contributed by atoms with E-state index in [0.717, 1.165) is 0 Å². The number of anilines is 1. The molecule has 2 N–H and O–H groups in total. The summed E-state index contributed by atoms with van der Waals surface area (Å²) in [5, 5.41) is 0. The molecular weight excluding hydrogens is 184 g/mol. The van der Waals surface area contributed by atoms with E-state index in [1.807, 2.05) is 0 Å². The predicted molar refractivity (Wildman–Crippen MR) is 51.7 cm³/mol. The number of rotatable bonds is 3. The third kappa shape index (κ3) is 1.84. The number of hydrogen-bond donors (Lipinski definition) is 1. The smallest absolute Gasteiger partial charge is 0.240 e. The van der Waals surface area contributed by atoms with Crippen molar-refractivity contribution in [3.05, 3.63) is 12.1 Å². The molecule has 1 rings (SSSR count). The molecule has 5 heteroatoms. The maximum Gasteiger partial charge on any atom is 0.240 e. The summed E-state index contributed by atoms with van der Waals surface area (Å²) in [6.07, 6.45) is 1.42. The lowest BCUT2D eigenvalue weighted by Gasteiger charge is -2.08. The third-order valence-electron chi connectivity index (χ3n) is 1.68. The maximum absolute atomic E-state index is 10.1. The van der Waals surface area contributed by atoms with E-state index in [9.17, 15) is 4.79 Å². The van der Waals surface area contributed by atoms with Crippen molar-refractivity contribution < 1.29 is 14.3 Å². The van der Waals surface area contributed by atoms with E-state index in [1.54, 1.807) is 12.1 Å². The number of aliphatic imine (C=N–C) groups is 1. The standard InChI is InChI=1S/C9H10N2O3/c1-13-6-3-7(10)9(14-2)8(4-6)11-5-12/h3-4H,10H2,1-2H3. The first-order valence-electron chi connectivity index (χ1n) is 3.82. The fourth-order valence-corrected chi connectivity index (χ4v) is 1.08. The van der Waals surface area contributed by atoms with Crippen LogP contribution in [0.5, 0.6) is 11.5 Å². The van der Waals surface area contributed by atoms with Crippen molar-refractivity contribution in [2.75, 3.05) is 20.0 Å². The first kappa shape index (κ1) is 10.1. The van der Waals surface area contributed by atoms with Crippen LogP contribution in [0.15, 0.2) is 17.1 Å². The Bertz CT molecular complexity index is 384. The van der Waals surface area contributed by atoms with Crippen molar-refractivity contribution >= 4 is 17.5 Å². The summed E-state index contributed by atoms with van der Waals surface area (Å²) in [7, 11) is 2.94. The molecule has 5 nitrogen and oxygen atoms in total. The Kier molecular flexibility index (Phi) is 3.09. The zero-order valence-corrected chi connectivity index (χ0v) is 7.90. The lowest BCUT2D eigenvalue weighted by molar-refractivity contribution is 0.406. The highest BCUT2D eigenvalue weighted by Gasteiger charge is 2.08. The minimum atomic E-state index is 0.305. The molecule has 0 spiro atoms. The van der Waals surface area contributed by atoms with Crippen molar-refractivity contribution in [2.24, 2.45) is 4.99 Å². The van der Waals surface area contributed by atoms with Gasteiger partial charge in [-0.15, -0.1) is 0 Å². The molecule has 0 fully saturated rings. The fourth-order valence-electron chi connectivity index (χ4n) is 1.08. The highest BCUT2D eigenvalue weighted by atomic mass is 16.5. The van der Waals surface area contributed by atoms with Crippen LogP contribution in [-0.2, 0) is 4.79 Å². The summed E-state index contributed by atoms with van der Waals surface area (Å²) < 4.78 is 9.93. The second-order valence-electron chi connectivity index (χ2n) is 2.47. The monoisotopic (exact) mass is 194 g/mol. The minimum absolute atomic E-state index is 0.305. The van der Waals surface area contributed by atoms with Gasteiger partial charge in [0.1, 0.15) is 11.4 Å². The molecule has 0 bridgehead atoms. The number of carbonyl (C=O) groups excluding carboxylic acids is 1. The molecule has 0 atom stereocenters. The van der Waals surface area contributed by atoms with Crippen molar-refractivity contribution in [2.45, 2.75) is 0 Å². The SMILES string of the molecule is COc1cc(N)c(OC)c(N=C=O)c1. The maximum atomic E-state index is 10.1. The summed E-state index contributed by atoms with van der Waals surface area (Å²) >= 11 is 0. The van der Waals surface area contributed by atoms with Crippen molar-refractivity contribution in [3.8, 4) is 11.5 Å². The van der Waals surface area contributed by atoms with Gasteiger partial charge in [0.05, 0.1) is 19.9 Å². The second-order valence-corrected chi connectivity index (χ2v) is 2.47. The van der Waals surface area contributed by atoms with Gasteiger partial charge in [-0.1, -0.05) is 0 Å². The molecule has 0 aliphatic carbocycles. The van der Waals surface area contributed by atoms with Gasteiger partial charge in [-0.2, -0.15) is 4.99 Å². The molecule has 0 saturated heterocycles. The first-order chi connectivity index (χ1) is 6.72. The number of ether oxygens (including phenoxy) is 2. The van der Waals surface area contributed by atoms with E-state index in [0.29, 0.717) is 22.9 Å². The Morgan fingerprint density at radius 3 is 2.57 bits per heavy atom. The molecule has 0 aliphatic rings. The minimum Gasteiger partial charge on any atom is -0.497 e. The average Bonchev–Trinajstić information content (AvgIpc) is 2.18. The average molecular weight is 194 g/mol. The van der Waals surface area contributed by atoms with E-state index in [-0.39, 0.29) is 0 Å². The summed E-state index contributed by atoms with van der Waals surface area (Å²) in [4.78, 5) is 13.6. The largest absolute Gasteiger partial charge is 0.497 e. The molecule has 1 aromatic carbocycles. The molecule has 0 radical (unpaired) electrons. The summed E-state index contributed by atoms with van der Waals surface area (Å²) in [6, 6.07) is 3.13. The molecule has 14 heavy (non-hydrogen) atoms. The molecule has 0 heterocycles. The topological polar surface area (TPSA) is 73.9 Å². The second kappa shape index (κ2) is 4.30. The molecule has 0 aromatic heterocycles. The number of hydrogen-bond acceptors (Lipinski definition) is 5. The van der Waals surface area contributed by atoms with Crippen molar-refractivity contribution in [1.29, 1.82) is 0 Å². The van der Waals surface area contributed by atoms with Gasteiger partial charge >= 0.3 is 0 Å². The van der Waals surface area contributed by atoms with E-state index in [2.05, 4.69) is 4.99 Å². The molecule has 74 valence electrons. The quantitative estimate of drug-likeness (QED) is 0.446. The number of nitrogens with zero attached hydrogens (tertiary/aromatic N) is 1. The molecule has 0 saturated carbocycles. The van der Waals surface area contributed by atoms with E-state index < -0.39 is 0 Å². The predicted octanol–water partition coefficient (Wildman–Crippen LogP) is 1.25. The van der Waals surface area contributed by atoms with Gasteiger partial charge in [0.25, 0.3) is 0 Å². The number of nitrogen functional groups attached to an aromatic ring is 1. The third-order valence-corrected chi connectivity index (χ3v) is 1.68. The van der Waals surface area contributed by atoms with Crippen LogP contribution in [0.3, 0.4) is 0 Å². The van der Waals surface area contributed by atoms with Crippen LogP contribution in [0.2, 0.25) is 0 Å². The normalized spacial score (nSPS) is 9.00. The van der Waals surface area contributed by atoms with Crippen molar-refractivity contribution in [3.63, 3.8) is 0 Å². The van der Waals surface area contributed by atoms with Gasteiger partial charge in [-0.3, -0.25) is 0 Å². The van der Waals surface area contributed by atoms with Crippen LogP contribution >= 0.6 is 0 Å². The van der Waals surface area contributed by atoms with Crippen LogP contribution in [-0.4, -0.2) is 20.3 Å². The zero-order valence-electron chi connectivity index (χ0n) is 7.90. The van der Waals surface area contributed by atoms with Gasteiger partial charge in [0, 0.05) is 12.1 Å². The van der Waals surface area contributed by atoms with Gasteiger partial charge in [-0.05, 0) is 0 Å². The summed E-state index contributed by atoms with van der Waals surface area (Å²) in [5.41, 5.74) is 6.31. The highest BCUT2D eigenvalue weighted by Crippen LogP contribution is 2.37. The molecule has 0 unspecified atom stereocenters. The Hall–Kier alpha value is -2.00. The van der Waals surface area contributed by atoms with E-state index in [1.165, 1.54) is 20.3 Å². The van der Waals surface area contributed by atoms with Crippen molar-refractivity contribution in [1.82, 2.24) is 0 Å². The van der Waals surface area contributed by atoms with Gasteiger partial charge in [0.2, 0.25) is 6.08 Å². The lowest BCUT2D eigenvalue weighted by Crippen LogP contribution is -1.94. The van der Waals surface area contributed by atoms with E-state index in [4.69, 9.17) is 15.2 Å².